The van der Waals surface area contributed by atoms with Crippen molar-refractivity contribution in [2.45, 2.75) is 39.3 Å². The Balaban J connectivity index is 1.75. The summed E-state index contributed by atoms with van der Waals surface area (Å²) in [5.41, 5.74) is 0.886. The number of thiophene rings is 1. The van der Waals surface area contributed by atoms with Crippen LogP contribution in [0.3, 0.4) is 0 Å². The van der Waals surface area contributed by atoms with E-state index in [0.29, 0.717) is 25.6 Å². The first kappa shape index (κ1) is 20.7. The van der Waals surface area contributed by atoms with Crippen molar-refractivity contribution in [1.29, 1.82) is 0 Å². The number of hydrogen-bond donors (Lipinski definition) is 1. The first-order valence-electron chi connectivity index (χ1n) is 9.58. The number of pyridine rings is 1. The van der Waals surface area contributed by atoms with Gasteiger partial charge in [0, 0.05) is 29.7 Å². The monoisotopic (exact) mass is 404 g/mol. The zero-order valence-electron chi connectivity index (χ0n) is 16.7. The Hall–Kier alpha value is -2.03. The van der Waals surface area contributed by atoms with Crippen LogP contribution in [0, 0.1) is 0 Å². The van der Waals surface area contributed by atoms with Gasteiger partial charge in [-0.1, -0.05) is 6.92 Å². The van der Waals surface area contributed by atoms with Crippen molar-refractivity contribution < 1.29 is 14.6 Å². The molecule has 1 saturated heterocycles. The molecule has 0 amide bonds. The van der Waals surface area contributed by atoms with Crippen LogP contribution in [0.5, 0.6) is 5.88 Å². The van der Waals surface area contributed by atoms with Gasteiger partial charge in [0.2, 0.25) is 5.88 Å². The second-order valence-electron chi connectivity index (χ2n) is 7.35. The van der Waals surface area contributed by atoms with E-state index in [2.05, 4.69) is 33.1 Å². The third-order valence-electron chi connectivity index (χ3n) is 4.19. The van der Waals surface area contributed by atoms with Crippen LogP contribution in [0.1, 0.15) is 31.3 Å². The number of hydrogen-bond acceptors (Lipinski definition) is 8. The third kappa shape index (κ3) is 6.25. The molecule has 1 aliphatic rings. The molecule has 0 spiro atoms. The predicted octanol–water partition coefficient (Wildman–Crippen LogP) is 3.98. The molecule has 0 aliphatic carbocycles. The predicted molar refractivity (Wildman–Crippen MR) is 111 cm³/mol. The lowest BCUT2D eigenvalue weighted by Gasteiger charge is -2.29. The van der Waals surface area contributed by atoms with Gasteiger partial charge in [0.25, 0.3) is 0 Å². The number of morpholine rings is 1. The molecule has 2 aromatic heterocycles. The Labute approximate surface area is 170 Å². The molecule has 0 atom stereocenters. The number of anilines is 1. The van der Waals surface area contributed by atoms with Crippen LogP contribution < -0.4 is 9.64 Å². The van der Waals surface area contributed by atoms with Crippen LogP contribution in [-0.2, 0) is 17.7 Å². The fourth-order valence-electron chi connectivity index (χ4n) is 2.74. The van der Waals surface area contributed by atoms with Gasteiger partial charge in [0.05, 0.1) is 24.5 Å². The van der Waals surface area contributed by atoms with Gasteiger partial charge in [-0.15, -0.1) is 16.5 Å². The lowest BCUT2D eigenvalue weighted by atomic mass is 10.2. The molecule has 0 aromatic carbocycles. The summed E-state index contributed by atoms with van der Waals surface area (Å²) < 4.78 is 11.2. The van der Waals surface area contributed by atoms with E-state index >= 15 is 0 Å². The first-order valence-corrected chi connectivity index (χ1v) is 10.4. The molecule has 0 bridgehead atoms. The van der Waals surface area contributed by atoms with Gasteiger partial charge < -0.3 is 19.5 Å². The summed E-state index contributed by atoms with van der Waals surface area (Å²) in [6, 6.07) is 8.00. The summed E-state index contributed by atoms with van der Waals surface area (Å²) in [7, 11) is 0. The van der Waals surface area contributed by atoms with E-state index < -0.39 is 5.60 Å². The number of ether oxygens (including phenoxy) is 2. The first-order chi connectivity index (χ1) is 13.4. The van der Waals surface area contributed by atoms with E-state index in [4.69, 9.17) is 9.47 Å². The fraction of sp³-hybridized carbons (Fsp3) is 0.550. The molecule has 2 aromatic rings. The molecule has 0 unspecified atom stereocenters. The Kier molecular flexibility index (Phi) is 6.98. The van der Waals surface area contributed by atoms with Gasteiger partial charge in [-0.05, 0) is 38.5 Å². The Morgan fingerprint density at radius 3 is 2.75 bits per heavy atom. The topological polar surface area (TPSA) is 79.5 Å². The van der Waals surface area contributed by atoms with Crippen LogP contribution >= 0.6 is 11.3 Å². The summed E-state index contributed by atoms with van der Waals surface area (Å²) in [6.45, 7) is 9.14. The van der Waals surface area contributed by atoms with Crippen molar-refractivity contribution in [2.24, 2.45) is 10.2 Å². The number of aliphatic hydroxyl groups is 1. The molecule has 1 fully saturated rings. The largest absolute Gasteiger partial charge is 0.475 e. The number of rotatable bonds is 8. The summed E-state index contributed by atoms with van der Waals surface area (Å²) >= 11 is 1.65. The number of aromatic nitrogens is 1. The zero-order chi connectivity index (χ0) is 20.0. The number of nitrogens with zero attached hydrogens (tertiary/aromatic N) is 4. The average molecular weight is 405 g/mol. The molecule has 0 saturated carbocycles. The Bertz CT molecular complexity index is 795. The van der Waals surface area contributed by atoms with E-state index in [9.17, 15) is 5.11 Å². The minimum absolute atomic E-state index is 0.169. The van der Waals surface area contributed by atoms with Crippen molar-refractivity contribution in [3.05, 3.63) is 34.8 Å². The standard InChI is InChI=1S/C20H28N4O3S/c1-4-17-5-6-19(28-17)23-21-13-15-11-16(24-7-9-26-10-8-24)12-18(22-15)27-14-20(2,3)25/h5-6,11-12,25H,4,7-10,13-14H2,1-3H3. The van der Waals surface area contributed by atoms with E-state index in [0.717, 1.165) is 35.9 Å². The van der Waals surface area contributed by atoms with Crippen molar-refractivity contribution in [3.63, 3.8) is 0 Å². The normalized spacial score (nSPS) is 15.4. The fourth-order valence-corrected chi connectivity index (χ4v) is 3.53. The maximum atomic E-state index is 9.94. The van der Waals surface area contributed by atoms with E-state index in [-0.39, 0.29) is 6.61 Å². The van der Waals surface area contributed by atoms with Gasteiger partial charge in [-0.3, -0.25) is 0 Å². The summed E-state index contributed by atoms with van der Waals surface area (Å²) in [6.07, 6.45) is 1.01. The minimum Gasteiger partial charge on any atom is -0.475 e. The lowest BCUT2D eigenvalue weighted by molar-refractivity contribution is 0.0268. The van der Waals surface area contributed by atoms with E-state index in [1.54, 1.807) is 25.2 Å². The number of azo groups is 1. The van der Waals surface area contributed by atoms with Crippen LogP contribution in [0.4, 0.5) is 10.7 Å². The highest BCUT2D eigenvalue weighted by Crippen LogP contribution is 2.27. The smallest absolute Gasteiger partial charge is 0.215 e. The molecule has 1 N–H and O–H groups in total. The second kappa shape index (κ2) is 9.45. The van der Waals surface area contributed by atoms with Crippen molar-refractivity contribution in [2.75, 3.05) is 37.8 Å². The summed E-state index contributed by atoms with van der Waals surface area (Å²) in [5.74, 6) is 0.487. The molecule has 8 heteroatoms. The highest BCUT2D eigenvalue weighted by molar-refractivity contribution is 7.15. The molecule has 28 heavy (non-hydrogen) atoms. The van der Waals surface area contributed by atoms with E-state index in [1.807, 2.05) is 18.2 Å². The molecular formula is C20H28N4O3S. The van der Waals surface area contributed by atoms with Crippen molar-refractivity contribution >= 4 is 22.0 Å². The summed E-state index contributed by atoms with van der Waals surface area (Å²) in [5, 5.41) is 19.5. The summed E-state index contributed by atoms with van der Waals surface area (Å²) in [4.78, 5) is 8.08. The zero-order valence-corrected chi connectivity index (χ0v) is 17.5. The molecule has 7 nitrogen and oxygen atoms in total. The quantitative estimate of drug-likeness (QED) is 0.673. The molecular weight excluding hydrogens is 376 g/mol. The van der Waals surface area contributed by atoms with Crippen LogP contribution in [0.15, 0.2) is 34.5 Å². The lowest BCUT2D eigenvalue weighted by Crippen LogP contribution is -2.36. The number of aryl methyl sites for hydroxylation is 1. The Morgan fingerprint density at radius 2 is 2.07 bits per heavy atom. The van der Waals surface area contributed by atoms with Crippen molar-refractivity contribution in [1.82, 2.24) is 4.98 Å². The SMILES string of the molecule is CCc1ccc(N=NCc2cc(N3CCOCC3)cc(OCC(C)(C)O)n2)s1. The van der Waals surface area contributed by atoms with Crippen LogP contribution in [-0.4, -0.2) is 48.6 Å². The molecule has 1 aliphatic heterocycles. The minimum atomic E-state index is -0.924. The highest BCUT2D eigenvalue weighted by atomic mass is 32.1. The molecule has 3 rings (SSSR count). The average Bonchev–Trinajstić information content (AvgIpc) is 3.14. The molecule has 152 valence electrons. The van der Waals surface area contributed by atoms with Gasteiger partial charge in [0.1, 0.15) is 18.2 Å². The highest BCUT2D eigenvalue weighted by Gasteiger charge is 2.17. The van der Waals surface area contributed by atoms with Gasteiger partial charge in [0.15, 0.2) is 0 Å². The van der Waals surface area contributed by atoms with Crippen LogP contribution in [0.25, 0.3) is 0 Å². The maximum Gasteiger partial charge on any atom is 0.215 e. The van der Waals surface area contributed by atoms with Gasteiger partial charge >= 0.3 is 0 Å². The molecule has 0 radical (unpaired) electrons. The van der Waals surface area contributed by atoms with Gasteiger partial charge in [-0.25, -0.2) is 4.98 Å². The third-order valence-corrected chi connectivity index (χ3v) is 5.30. The second-order valence-corrected chi connectivity index (χ2v) is 8.50. The molecule has 3 heterocycles. The maximum absolute atomic E-state index is 9.94. The van der Waals surface area contributed by atoms with E-state index in [1.165, 1.54) is 4.88 Å². The Morgan fingerprint density at radius 1 is 1.29 bits per heavy atom. The van der Waals surface area contributed by atoms with Crippen molar-refractivity contribution in [3.8, 4) is 5.88 Å². The van der Waals surface area contributed by atoms with Gasteiger partial charge in [-0.2, -0.15) is 5.11 Å². The van der Waals surface area contributed by atoms with Crippen LogP contribution in [0.2, 0.25) is 0 Å².